The summed E-state index contributed by atoms with van der Waals surface area (Å²) in [4.78, 5) is 7.11. The number of imidazole rings is 1. The van der Waals surface area contributed by atoms with Crippen molar-refractivity contribution in [1.29, 1.82) is 0 Å². The summed E-state index contributed by atoms with van der Waals surface area (Å²) in [5.41, 5.74) is 2.86. The SMILES string of the molecule is CCc1c(OC)c(OC)cc2[nH][c]nc12. The number of nitrogens with one attached hydrogen (secondary N) is 1. The van der Waals surface area contributed by atoms with E-state index in [4.69, 9.17) is 9.47 Å². The number of H-pyrrole nitrogens is 1. The first kappa shape index (κ1) is 9.83. The standard InChI is InChI=1S/C11H13N2O2/c1-4-7-10-8(12-6-13-10)5-9(14-2)11(7)15-3/h5H,4H2,1-3H3,(H,12,13). The molecule has 0 fully saturated rings. The van der Waals surface area contributed by atoms with E-state index in [1.165, 1.54) is 0 Å². The van der Waals surface area contributed by atoms with Gasteiger partial charge in [0.25, 0.3) is 0 Å². The van der Waals surface area contributed by atoms with Crippen LogP contribution in [0, 0.1) is 6.33 Å². The van der Waals surface area contributed by atoms with Crippen LogP contribution in [0.25, 0.3) is 11.0 Å². The van der Waals surface area contributed by atoms with E-state index in [-0.39, 0.29) is 0 Å². The number of hydrogen-bond donors (Lipinski definition) is 1. The lowest BCUT2D eigenvalue weighted by Crippen LogP contribution is -1.96. The third kappa shape index (κ3) is 1.42. The van der Waals surface area contributed by atoms with Gasteiger partial charge in [-0.05, 0) is 6.42 Å². The Morgan fingerprint density at radius 1 is 1.40 bits per heavy atom. The number of aryl methyl sites for hydroxylation is 1. The fraction of sp³-hybridized carbons (Fsp3) is 0.364. The normalized spacial score (nSPS) is 10.6. The highest BCUT2D eigenvalue weighted by Gasteiger charge is 2.14. The summed E-state index contributed by atoms with van der Waals surface area (Å²) in [5.74, 6) is 1.48. The maximum atomic E-state index is 5.34. The Balaban J connectivity index is 2.78. The molecule has 0 aliphatic carbocycles. The van der Waals surface area contributed by atoms with Crippen molar-refractivity contribution in [2.24, 2.45) is 0 Å². The Hall–Kier alpha value is -1.71. The average Bonchev–Trinajstić information content (AvgIpc) is 2.73. The molecule has 0 unspecified atom stereocenters. The van der Waals surface area contributed by atoms with Gasteiger partial charge in [0.1, 0.15) is 0 Å². The summed E-state index contributed by atoms with van der Waals surface area (Å²) < 4.78 is 10.6. The molecular formula is C11H13N2O2. The largest absolute Gasteiger partial charge is 0.493 e. The smallest absolute Gasteiger partial charge is 0.174 e. The quantitative estimate of drug-likeness (QED) is 0.833. The van der Waals surface area contributed by atoms with Crippen molar-refractivity contribution in [1.82, 2.24) is 9.97 Å². The maximum Gasteiger partial charge on any atom is 0.174 e. The molecule has 15 heavy (non-hydrogen) atoms. The number of fused-ring (bicyclic) bond motifs is 1. The van der Waals surface area contributed by atoms with Crippen LogP contribution in [0.4, 0.5) is 0 Å². The monoisotopic (exact) mass is 205 g/mol. The minimum absolute atomic E-state index is 0.722. The van der Waals surface area contributed by atoms with Gasteiger partial charge >= 0.3 is 0 Å². The highest BCUT2D eigenvalue weighted by Crippen LogP contribution is 2.36. The van der Waals surface area contributed by atoms with Gasteiger partial charge in [-0.15, -0.1) is 0 Å². The van der Waals surface area contributed by atoms with E-state index in [1.54, 1.807) is 14.2 Å². The first-order chi connectivity index (χ1) is 7.31. The van der Waals surface area contributed by atoms with Gasteiger partial charge in [-0.3, -0.25) is 0 Å². The van der Waals surface area contributed by atoms with E-state index in [0.717, 1.165) is 34.5 Å². The molecule has 2 aromatic rings. The lowest BCUT2D eigenvalue weighted by Gasteiger charge is -2.11. The summed E-state index contributed by atoms with van der Waals surface area (Å²) in [6.45, 7) is 2.06. The average molecular weight is 205 g/mol. The summed E-state index contributed by atoms with van der Waals surface area (Å²) >= 11 is 0. The second kappa shape index (κ2) is 3.81. The maximum absolute atomic E-state index is 5.34. The zero-order valence-corrected chi connectivity index (χ0v) is 9.05. The van der Waals surface area contributed by atoms with E-state index >= 15 is 0 Å². The van der Waals surface area contributed by atoms with Crippen molar-refractivity contribution in [2.45, 2.75) is 13.3 Å². The molecule has 2 rings (SSSR count). The van der Waals surface area contributed by atoms with Crippen LogP contribution in [0.15, 0.2) is 6.07 Å². The van der Waals surface area contributed by atoms with E-state index in [2.05, 4.69) is 23.2 Å². The molecule has 0 saturated carbocycles. The van der Waals surface area contributed by atoms with Crippen molar-refractivity contribution in [3.05, 3.63) is 18.0 Å². The Labute approximate surface area is 88.2 Å². The molecular weight excluding hydrogens is 192 g/mol. The molecule has 0 bridgehead atoms. The van der Waals surface area contributed by atoms with Crippen LogP contribution < -0.4 is 9.47 Å². The fourth-order valence-electron chi connectivity index (χ4n) is 1.75. The van der Waals surface area contributed by atoms with E-state index < -0.39 is 0 Å². The molecule has 1 heterocycles. The van der Waals surface area contributed by atoms with Crippen LogP contribution >= 0.6 is 0 Å². The van der Waals surface area contributed by atoms with Crippen molar-refractivity contribution in [2.75, 3.05) is 14.2 Å². The topological polar surface area (TPSA) is 47.1 Å². The molecule has 1 aromatic carbocycles. The number of aromatic nitrogens is 2. The number of nitrogens with zero attached hydrogens (tertiary/aromatic N) is 1. The Kier molecular flexibility index (Phi) is 2.49. The van der Waals surface area contributed by atoms with Gasteiger partial charge in [0, 0.05) is 11.6 Å². The predicted octanol–water partition coefficient (Wildman–Crippen LogP) is 1.94. The van der Waals surface area contributed by atoms with Crippen LogP contribution in [0.5, 0.6) is 11.5 Å². The molecule has 0 aliphatic heterocycles. The number of hydrogen-bond acceptors (Lipinski definition) is 3. The lowest BCUT2D eigenvalue weighted by molar-refractivity contribution is 0.353. The second-order valence-electron chi connectivity index (χ2n) is 3.19. The molecule has 1 radical (unpaired) electrons. The predicted molar refractivity (Wildman–Crippen MR) is 57.4 cm³/mol. The Morgan fingerprint density at radius 2 is 2.20 bits per heavy atom. The molecule has 1 N–H and O–H groups in total. The van der Waals surface area contributed by atoms with Crippen molar-refractivity contribution >= 4 is 11.0 Å². The molecule has 0 amide bonds. The summed E-state index contributed by atoms with van der Waals surface area (Å²) in [5, 5.41) is 0. The molecule has 0 atom stereocenters. The fourth-order valence-corrected chi connectivity index (χ4v) is 1.75. The molecule has 0 saturated heterocycles. The highest BCUT2D eigenvalue weighted by molar-refractivity contribution is 5.83. The van der Waals surface area contributed by atoms with Crippen LogP contribution in [-0.2, 0) is 6.42 Å². The number of rotatable bonds is 3. The summed E-state index contributed by atoms with van der Waals surface area (Å²) in [7, 11) is 3.27. The third-order valence-corrected chi connectivity index (χ3v) is 2.45. The number of benzene rings is 1. The second-order valence-corrected chi connectivity index (χ2v) is 3.19. The van der Waals surface area contributed by atoms with Gasteiger partial charge in [-0.1, -0.05) is 6.92 Å². The number of aromatic amines is 1. The Bertz CT molecular complexity index is 477. The summed E-state index contributed by atoms with van der Waals surface area (Å²) in [6, 6.07) is 1.87. The molecule has 1 aromatic heterocycles. The van der Waals surface area contributed by atoms with Gasteiger partial charge in [0.15, 0.2) is 17.8 Å². The highest BCUT2D eigenvalue weighted by atomic mass is 16.5. The zero-order chi connectivity index (χ0) is 10.8. The lowest BCUT2D eigenvalue weighted by atomic mass is 10.1. The van der Waals surface area contributed by atoms with Crippen molar-refractivity contribution < 1.29 is 9.47 Å². The number of ether oxygens (including phenoxy) is 2. The first-order valence-corrected chi connectivity index (χ1v) is 4.81. The molecule has 0 aliphatic rings. The zero-order valence-electron chi connectivity index (χ0n) is 9.05. The van der Waals surface area contributed by atoms with Gasteiger partial charge < -0.3 is 14.5 Å². The minimum atomic E-state index is 0.722. The van der Waals surface area contributed by atoms with Crippen molar-refractivity contribution in [3.63, 3.8) is 0 Å². The molecule has 79 valence electrons. The van der Waals surface area contributed by atoms with Crippen LogP contribution in [-0.4, -0.2) is 24.2 Å². The minimum Gasteiger partial charge on any atom is -0.493 e. The van der Waals surface area contributed by atoms with Crippen LogP contribution in [0.3, 0.4) is 0 Å². The van der Waals surface area contributed by atoms with Gasteiger partial charge in [0.2, 0.25) is 0 Å². The third-order valence-electron chi connectivity index (χ3n) is 2.45. The van der Waals surface area contributed by atoms with Gasteiger partial charge in [-0.2, -0.15) is 0 Å². The summed E-state index contributed by atoms with van der Waals surface area (Å²) in [6.07, 6.45) is 3.57. The Morgan fingerprint density at radius 3 is 2.80 bits per heavy atom. The molecule has 4 nitrogen and oxygen atoms in total. The van der Waals surface area contributed by atoms with Gasteiger partial charge in [-0.25, -0.2) is 4.98 Å². The molecule has 0 spiro atoms. The van der Waals surface area contributed by atoms with Crippen LogP contribution in [0.1, 0.15) is 12.5 Å². The van der Waals surface area contributed by atoms with E-state index in [0.29, 0.717) is 0 Å². The van der Waals surface area contributed by atoms with Gasteiger partial charge in [0.05, 0.1) is 25.3 Å². The number of methoxy groups -OCH3 is 2. The van der Waals surface area contributed by atoms with E-state index in [9.17, 15) is 0 Å². The first-order valence-electron chi connectivity index (χ1n) is 4.81. The van der Waals surface area contributed by atoms with Crippen LogP contribution in [0.2, 0.25) is 0 Å². The molecule has 4 heteroatoms. The van der Waals surface area contributed by atoms with E-state index in [1.807, 2.05) is 6.07 Å². The van der Waals surface area contributed by atoms with Crippen molar-refractivity contribution in [3.8, 4) is 11.5 Å².